The second-order valence-corrected chi connectivity index (χ2v) is 12.9. The Balaban J connectivity index is 0.000000182. The Bertz CT molecular complexity index is 1220. The molecule has 44 heavy (non-hydrogen) atoms. The summed E-state index contributed by atoms with van der Waals surface area (Å²) in [7, 11) is 0. The summed E-state index contributed by atoms with van der Waals surface area (Å²) in [6, 6.07) is 2.46. The number of aromatic nitrogens is 4. The molecular weight excluding hydrogens is 548 g/mol. The lowest BCUT2D eigenvalue weighted by atomic mass is 9.99. The van der Waals surface area contributed by atoms with Crippen LogP contribution in [0.4, 0.5) is 11.6 Å². The lowest BCUT2D eigenvalue weighted by molar-refractivity contribution is 0.299. The molecule has 2 N–H and O–H groups in total. The van der Waals surface area contributed by atoms with E-state index in [9.17, 15) is 0 Å². The number of fused-ring (bicyclic) bond motifs is 9. The average molecular weight is 609 g/mol. The van der Waals surface area contributed by atoms with E-state index < -0.39 is 0 Å². The number of rotatable bonds is 2. The highest BCUT2D eigenvalue weighted by Gasteiger charge is 2.42. The number of ether oxygens (including phenoxy) is 1. The standard InChI is InChI=1S/C17H26N4.C14H22N4O.2C2H6/c1-10(2)16-13-5-4-6-15-14-8-7-12(20-14)9-21(15)17(13)19-11(3)18-16;1-9(2)12-13-14(17-10(3)16-12)18-6-5-15-8-11(18)4-7-19-13;2*1-2/h10,12,14-15,20H,4-9H2,1-3H3;9,11,15H,4-8H2,1-3H3;2*1-2H3. The first-order chi connectivity index (χ1) is 21.3. The molecule has 3 fully saturated rings. The Morgan fingerprint density at radius 1 is 0.795 bits per heavy atom. The van der Waals surface area contributed by atoms with E-state index in [1.54, 1.807) is 0 Å². The molecule has 0 saturated carbocycles. The fraction of sp³-hybridized carbons (Fsp3) is 0.771. The maximum absolute atomic E-state index is 5.99. The normalized spacial score (nSPS) is 24.8. The van der Waals surface area contributed by atoms with Crippen molar-refractivity contribution in [3.05, 3.63) is 28.6 Å². The first-order valence-corrected chi connectivity index (χ1v) is 17.7. The monoisotopic (exact) mass is 608 g/mol. The summed E-state index contributed by atoms with van der Waals surface area (Å²) in [6.07, 6.45) is 7.41. The van der Waals surface area contributed by atoms with Crippen molar-refractivity contribution in [1.82, 2.24) is 30.6 Å². The van der Waals surface area contributed by atoms with Crippen LogP contribution in [0.1, 0.15) is 128 Å². The minimum absolute atomic E-state index is 0.356. The number of nitrogens with one attached hydrogen (secondary N) is 2. The van der Waals surface area contributed by atoms with Crippen molar-refractivity contribution in [2.75, 3.05) is 42.6 Å². The summed E-state index contributed by atoms with van der Waals surface area (Å²) in [5.41, 5.74) is 3.75. The van der Waals surface area contributed by atoms with Crippen molar-refractivity contribution in [1.29, 1.82) is 0 Å². The molecule has 2 bridgehead atoms. The van der Waals surface area contributed by atoms with Gasteiger partial charge in [0.25, 0.3) is 0 Å². The zero-order chi connectivity index (χ0) is 32.0. The molecule has 0 spiro atoms. The van der Waals surface area contributed by atoms with Crippen molar-refractivity contribution < 1.29 is 4.74 Å². The number of hydrogen-bond donors (Lipinski definition) is 2. The van der Waals surface area contributed by atoms with Crippen LogP contribution >= 0.6 is 0 Å². The molecule has 5 aliphatic heterocycles. The largest absolute Gasteiger partial charge is 0.488 e. The summed E-state index contributed by atoms with van der Waals surface area (Å²) >= 11 is 0. The molecule has 0 amide bonds. The SMILES string of the molecule is CC.CC.Cc1nc(C(C)C)c2c(n1)N1CC3CCC(N3)C1CCC2.Cc1nc(C(C)C)c2c(n1)N1CCNCC1CCO2. The molecule has 4 unspecified atom stereocenters. The highest BCUT2D eigenvalue weighted by molar-refractivity contribution is 5.58. The fourth-order valence-electron chi connectivity index (χ4n) is 7.42. The van der Waals surface area contributed by atoms with E-state index in [1.165, 1.54) is 42.8 Å². The number of aryl methyl sites for hydroxylation is 2. The van der Waals surface area contributed by atoms with Crippen LogP contribution in [0.2, 0.25) is 0 Å². The Morgan fingerprint density at radius 3 is 2.18 bits per heavy atom. The maximum Gasteiger partial charge on any atom is 0.183 e. The van der Waals surface area contributed by atoms with Crippen LogP contribution in [0.25, 0.3) is 0 Å². The van der Waals surface area contributed by atoms with Crippen LogP contribution in [0.15, 0.2) is 0 Å². The predicted octanol–water partition coefficient (Wildman–Crippen LogP) is 6.08. The van der Waals surface area contributed by atoms with E-state index in [1.807, 2.05) is 41.5 Å². The lowest BCUT2D eigenvalue weighted by Gasteiger charge is -2.41. The number of piperazine rings is 2. The third-order valence-corrected chi connectivity index (χ3v) is 9.28. The van der Waals surface area contributed by atoms with Crippen LogP contribution in [-0.4, -0.2) is 76.9 Å². The van der Waals surface area contributed by atoms with Crippen molar-refractivity contribution in [3.8, 4) is 5.75 Å². The summed E-state index contributed by atoms with van der Waals surface area (Å²) in [6.45, 7) is 25.7. The van der Waals surface area contributed by atoms with Gasteiger partial charge in [0, 0.05) is 62.3 Å². The van der Waals surface area contributed by atoms with Gasteiger partial charge >= 0.3 is 0 Å². The van der Waals surface area contributed by atoms with E-state index in [-0.39, 0.29) is 0 Å². The number of hydrogen-bond acceptors (Lipinski definition) is 9. The van der Waals surface area contributed by atoms with E-state index in [2.05, 4.69) is 58.1 Å². The topological polar surface area (TPSA) is 91.3 Å². The van der Waals surface area contributed by atoms with Gasteiger partial charge < -0.3 is 25.2 Å². The van der Waals surface area contributed by atoms with Gasteiger partial charge in [-0.25, -0.2) is 19.9 Å². The molecule has 4 atom stereocenters. The van der Waals surface area contributed by atoms with Crippen molar-refractivity contribution in [2.45, 2.75) is 144 Å². The van der Waals surface area contributed by atoms with E-state index in [0.717, 1.165) is 74.5 Å². The van der Waals surface area contributed by atoms with Crippen LogP contribution < -0.4 is 25.2 Å². The van der Waals surface area contributed by atoms with Gasteiger partial charge in [0.05, 0.1) is 18.0 Å². The van der Waals surface area contributed by atoms with Gasteiger partial charge in [0.1, 0.15) is 17.5 Å². The predicted molar refractivity (Wildman–Crippen MR) is 183 cm³/mol. The Hall–Kier alpha value is -2.52. The summed E-state index contributed by atoms with van der Waals surface area (Å²) < 4.78 is 5.99. The highest BCUT2D eigenvalue weighted by Crippen LogP contribution is 2.39. The molecule has 246 valence electrons. The zero-order valence-electron chi connectivity index (χ0n) is 29.3. The molecule has 0 radical (unpaired) electrons. The molecular formula is C35H60N8O. The lowest BCUT2D eigenvalue weighted by Crippen LogP contribution is -2.58. The fourth-order valence-corrected chi connectivity index (χ4v) is 7.42. The Kier molecular flexibility index (Phi) is 12.2. The zero-order valence-corrected chi connectivity index (χ0v) is 29.3. The van der Waals surface area contributed by atoms with Gasteiger partial charge in [-0.1, -0.05) is 55.4 Å². The second kappa shape index (κ2) is 15.7. The third kappa shape index (κ3) is 7.30. The number of nitrogens with zero attached hydrogens (tertiary/aromatic N) is 6. The quantitative estimate of drug-likeness (QED) is 0.421. The molecule has 5 aliphatic rings. The van der Waals surface area contributed by atoms with Gasteiger partial charge in [-0.3, -0.25) is 0 Å². The molecule has 0 aliphatic carbocycles. The van der Waals surface area contributed by atoms with Gasteiger partial charge in [-0.15, -0.1) is 0 Å². The maximum atomic E-state index is 5.99. The van der Waals surface area contributed by atoms with E-state index in [0.29, 0.717) is 36.0 Å². The molecule has 9 nitrogen and oxygen atoms in total. The first-order valence-electron chi connectivity index (χ1n) is 17.7. The molecule has 9 heteroatoms. The van der Waals surface area contributed by atoms with Gasteiger partial charge in [0.15, 0.2) is 11.6 Å². The van der Waals surface area contributed by atoms with Crippen LogP contribution in [0, 0.1) is 13.8 Å². The van der Waals surface area contributed by atoms with Gasteiger partial charge in [0.2, 0.25) is 0 Å². The molecule has 7 rings (SSSR count). The highest BCUT2D eigenvalue weighted by atomic mass is 16.5. The third-order valence-electron chi connectivity index (χ3n) is 9.28. The second-order valence-electron chi connectivity index (χ2n) is 12.9. The van der Waals surface area contributed by atoms with E-state index >= 15 is 0 Å². The Morgan fingerprint density at radius 2 is 1.48 bits per heavy atom. The summed E-state index contributed by atoms with van der Waals surface area (Å²) in [4.78, 5) is 23.9. The molecule has 0 aromatic carbocycles. The summed E-state index contributed by atoms with van der Waals surface area (Å²) in [5, 5.41) is 7.27. The molecule has 2 aromatic heterocycles. The van der Waals surface area contributed by atoms with Crippen LogP contribution in [-0.2, 0) is 6.42 Å². The summed E-state index contributed by atoms with van der Waals surface area (Å²) in [5.74, 6) is 5.78. The molecule has 7 heterocycles. The minimum atomic E-state index is 0.356. The van der Waals surface area contributed by atoms with Gasteiger partial charge in [-0.2, -0.15) is 0 Å². The smallest absolute Gasteiger partial charge is 0.183 e. The van der Waals surface area contributed by atoms with Crippen molar-refractivity contribution in [3.63, 3.8) is 0 Å². The van der Waals surface area contributed by atoms with Gasteiger partial charge in [-0.05, 0) is 57.8 Å². The van der Waals surface area contributed by atoms with Crippen LogP contribution in [0.3, 0.4) is 0 Å². The number of anilines is 2. The first kappa shape index (κ1) is 34.4. The average Bonchev–Trinajstić information content (AvgIpc) is 3.19. The van der Waals surface area contributed by atoms with Crippen LogP contribution in [0.5, 0.6) is 5.75 Å². The Labute approximate surface area is 267 Å². The minimum Gasteiger partial charge on any atom is -0.488 e. The molecule has 3 saturated heterocycles. The van der Waals surface area contributed by atoms with E-state index in [4.69, 9.17) is 14.7 Å². The van der Waals surface area contributed by atoms with Crippen molar-refractivity contribution >= 4 is 11.6 Å². The van der Waals surface area contributed by atoms with Crippen molar-refractivity contribution in [2.24, 2.45) is 0 Å². The molecule has 2 aromatic rings.